The summed E-state index contributed by atoms with van der Waals surface area (Å²) in [6, 6.07) is 10.0. The van der Waals surface area contributed by atoms with Crippen LogP contribution in [0.3, 0.4) is 0 Å². The molecule has 2 heterocycles. The number of aromatic nitrogens is 2. The first-order valence-corrected chi connectivity index (χ1v) is 7.52. The molecule has 0 bridgehead atoms. The molecule has 0 aliphatic rings. The summed E-state index contributed by atoms with van der Waals surface area (Å²) >= 11 is 0. The van der Waals surface area contributed by atoms with E-state index in [1.165, 1.54) is 0 Å². The Labute approximate surface area is 140 Å². The minimum Gasteiger partial charge on any atom is -0.455 e. The van der Waals surface area contributed by atoms with E-state index in [9.17, 15) is 9.59 Å². The molecule has 0 spiro atoms. The monoisotopic (exact) mass is 336 g/mol. The van der Waals surface area contributed by atoms with Gasteiger partial charge in [-0.3, -0.25) is 0 Å². The number of rotatable bonds is 2. The summed E-state index contributed by atoms with van der Waals surface area (Å²) in [4.78, 5) is 32.8. The van der Waals surface area contributed by atoms with Crippen molar-refractivity contribution in [2.75, 3.05) is 0 Å². The summed E-state index contributed by atoms with van der Waals surface area (Å²) in [6.07, 6.45) is 0. The van der Waals surface area contributed by atoms with Crippen LogP contribution in [0.1, 0.15) is 11.8 Å². The molecule has 0 radical (unpaired) electrons. The third-order valence-electron chi connectivity index (χ3n) is 3.67. The topological polar surface area (TPSA) is 95.4 Å². The molecule has 0 saturated heterocycles. The molecule has 0 atom stereocenters. The zero-order chi connectivity index (χ0) is 17.6. The molecule has 124 valence electrons. The Morgan fingerprint density at radius 3 is 1.64 bits per heavy atom. The summed E-state index contributed by atoms with van der Waals surface area (Å²) in [6.45, 7) is 3.19. The van der Waals surface area contributed by atoms with Crippen molar-refractivity contribution in [2.24, 2.45) is 0 Å². The first-order chi connectivity index (χ1) is 12.0. The standard InChI is InChI=1S/C18H12N2O5/c1-9-19-11-5-3-7-13(15(11)17(21)23-9)25-14-8-4-6-12-16(14)18(22)24-10(2)20-12/h3-8H,1-2H3. The van der Waals surface area contributed by atoms with Gasteiger partial charge in [0.25, 0.3) is 0 Å². The summed E-state index contributed by atoms with van der Waals surface area (Å²) in [5.41, 5.74) is -0.210. The van der Waals surface area contributed by atoms with E-state index in [1.54, 1.807) is 50.2 Å². The van der Waals surface area contributed by atoms with Gasteiger partial charge in [-0.15, -0.1) is 0 Å². The van der Waals surface area contributed by atoms with Crippen molar-refractivity contribution in [1.29, 1.82) is 0 Å². The SMILES string of the molecule is Cc1nc2cccc(Oc3cccc4nc(C)oc(=O)c34)c2c(=O)o1. The van der Waals surface area contributed by atoms with Crippen molar-refractivity contribution in [3.63, 3.8) is 0 Å². The molecule has 7 heteroatoms. The fourth-order valence-corrected chi connectivity index (χ4v) is 2.68. The predicted molar refractivity (Wildman–Crippen MR) is 90.1 cm³/mol. The Morgan fingerprint density at radius 1 is 0.760 bits per heavy atom. The van der Waals surface area contributed by atoms with Crippen LogP contribution in [0, 0.1) is 13.8 Å². The lowest BCUT2D eigenvalue weighted by Gasteiger charge is -2.09. The van der Waals surface area contributed by atoms with Gasteiger partial charge in [-0.1, -0.05) is 12.1 Å². The highest BCUT2D eigenvalue weighted by atomic mass is 16.5. The maximum absolute atomic E-state index is 12.2. The summed E-state index contributed by atoms with van der Waals surface area (Å²) in [5, 5.41) is 0.407. The van der Waals surface area contributed by atoms with E-state index in [2.05, 4.69) is 9.97 Å². The average molecular weight is 336 g/mol. The highest BCUT2D eigenvalue weighted by Crippen LogP contribution is 2.30. The number of hydrogen-bond acceptors (Lipinski definition) is 7. The van der Waals surface area contributed by atoms with Crippen LogP contribution in [0.15, 0.2) is 54.8 Å². The van der Waals surface area contributed by atoms with Gasteiger partial charge in [-0.05, 0) is 24.3 Å². The fourth-order valence-electron chi connectivity index (χ4n) is 2.68. The van der Waals surface area contributed by atoms with E-state index in [-0.39, 0.29) is 34.1 Å². The molecule has 4 aromatic rings. The van der Waals surface area contributed by atoms with E-state index in [1.807, 2.05) is 0 Å². The Kier molecular flexibility index (Phi) is 3.35. The maximum Gasteiger partial charge on any atom is 0.350 e. The number of aryl methyl sites for hydroxylation is 2. The molecule has 2 aromatic carbocycles. The van der Waals surface area contributed by atoms with Gasteiger partial charge in [-0.25, -0.2) is 19.6 Å². The molecule has 0 unspecified atom stereocenters. The summed E-state index contributed by atoms with van der Waals surface area (Å²) in [7, 11) is 0. The van der Waals surface area contributed by atoms with Crippen LogP contribution in [0.4, 0.5) is 0 Å². The largest absolute Gasteiger partial charge is 0.455 e. The van der Waals surface area contributed by atoms with Gasteiger partial charge in [0.2, 0.25) is 0 Å². The second kappa shape index (κ2) is 5.55. The number of hydrogen-bond donors (Lipinski definition) is 0. The zero-order valence-corrected chi connectivity index (χ0v) is 13.4. The van der Waals surface area contributed by atoms with E-state index < -0.39 is 11.3 Å². The van der Waals surface area contributed by atoms with Gasteiger partial charge in [0.15, 0.2) is 11.8 Å². The molecule has 0 saturated carbocycles. The highest BCUT2D eigenvalue weighted by Gasteiger charge is 2.15. The average Bonchev–Trinajstić information content (AvgIpc) is 2.54. The van der Waals surface area contributed by atoms with Crippen molar-refractivity contribution >= 4 is 21.8 Å². The van der Waals surface area contributed by atoms with Crippen LogP contribution in [-0.2, 0) is 0 Å². The van der Waals surface area contributed by atoms with Gasteiger partial charge < -0.3 is 13.6 Å². The third-order valence-corrected chi connectivity index (χ3v) is 3.67. The van der Waals surface area contributed by atoms with Crippen LogP contribution in [0.25, 0.3) is 21.8 Å². The Balaban J connectivity index is 1.95. The second-order valence-electron chi connectivity index (χ2n) is 5.44. The lowest BCUT2D eigenvalue weighted by Crippen LogP contribution is -2.07. The Morgan fingerprint density at radius 2 is 1.20 bits per heavy atom. The minimum absolute atomic E-state index is 0.203. The quantitative estimate of drug-likeness (QED) is 0.555. The normalized spacial score (nSPS) is 11.1. The van der Waals surface area contributed by atoms with Crippen LogP contribution >= 0.6 is 0 Å². The number of ether oxygens (including phenoxy) is 1. The van der Waals surface area contributed by atoms with Crippen LogP contribution in [0.5, 0.6) is 11.5 Å². The predicted octanol–water partition coefficient (Wildman–Crippen LogP) is 3.10. The van der Waals surface area contributed by atoms with Gasteiger partial charge in [0, 0.05) is 13.8 Å². The zero-order valence-electron chi connectivity index (χ0n) is 13.4. The first kappa shape index (κ1) is 15.1. The van der Waals surface area contributed by atoms with Gasteiger partial charge in [0.1, 0.15) is 22.3 Å². The Hall–Kier alpha value is -3.48. The van der Waals surface area contributed by atoms with Gasteiger partial charge in [0.05, 0.1) is 11.0 Å². The molecule has 0 aliphatic carbocycles. The number of benzene rings is 2. The third kappa shape index (κ3) is 2.55. The molecule has 0 aliphatic heterocycles. The van der Waals surface area contributed by atoms with E-state index in [0.29, 0.717) is 11.0 Å². The molecule has 25 heavy (non-hydrogen) atoms. The van der Waals surface area contributed by atoms with Gasteiger partial charge in [-0.2, -0.15) is 0 Å². The lowest BCUT2D eigenvalue weighted by molar-refractivity contribution is 0.452. The van der Waals surface area contributed by atoms with Crippen molar-refractivity contribution in [2.45, 2.75) is 13.8 Å². The van der Waals surface area contributed by atoms with Crippen molar-refractivity contribution in [3.05, 3.63) is 69.0 Å². The lowest BCUT2D eigenvalue weighted by atomic mass is 10.2. The minimum atomic E-state index is -0.556. The van der Waals surface area contributed by atoms with Crippen LogP contribution < -0.4 is 16.0 Å². The van der Waals surface area contributed by atoms with Gasteiger partial charge >= 0.3 is 11.3 Å². The van der Waals surface area contributed by atoms with E-state index >= 15 is 0 Å². The molecule has 4 rings (SSSR count). The molecule has 2 aromatic heterocycles. The van der Waals surface area contributed by atoms with Crippen LogP contribution in [0.2, 0.25) is 0 Å². The maximum atomic E-state index is 12.2. The van der Waals surface area contributed by atoms with Crippen molar-refractivity contribution in [1.82, 2.24) is 9.97 Å². The molecule has 7 nitrogen and oxygen atoms in total. The van der Waals surface area contributed by atoms with Crippen molar-refractivity contribution < 1.29 is 13.6 Å². The Bertz CT molecular complexity index is 1140. The van der Waals surface area contributed by atoms with E-state index in [4.69, 9.17) is 13.6 Å². The number of nitrogens with zero attached hydrogens (tertiary/aromatic N) is 2. The first-order valence-electron chi connectivity index (χ1n) is 7.52. The molecule has 0 amide bonds. The van der Waals surface area contributed by atoms with Crippen molar-refractivity contribution in [3.8, 4) is 11.5 Å². The van der Waals surface area contributed by atoms with Crippen LogP contribution in [-0.4, -0.2) is 9.97 Å². The number of fused-ring (bicyclic) bond motifs is 2. The smallest absolute Gasteiger partial charge is 0.350 e. The molecule has 0 fully saturated rings. The summed E-state index contributed by atoms with van der Waals surface area (Å²) in [5.74, 6) is 1.01. The highest BCUT2D eigenvalue weighted by molar-refractivity contribution is 5.87. The molecular weight excluding hydrogens is 324 g/mol. The fraction of sp³-hybridized carbons (Fsp3) is 0.111. The summed E-state index contributed by atoms with van der Waals surface area (Å²) < 4.78 is 16.0. The molecular formula is C18H12N2O5. The second-order valence-corrected chi connectivity index (χ2v) is 5.44. The van der Waals surface area contributed by atoms with E-state index in [0.717, 1.165) is 0 Å². The molecule has 0 N–H and O–H groups in total.